The van der Waals surface area contributed by atoms with E-state index in [1.807, 2.05) is 6.07 Å². The Bertz CT molecular complexity index is 692. The first-order chi connectivity index (χ1) is 10.1. The van der Waals surface area contributed by atoms with E-state index in [0.29, 0.717) is 16.3 Å². The molecule has 108 valence electrons. The SMILES string of the molecule is Cc1occc1C(=O)NNC(=O)/C=C/c1cccc(Cl)c1. The van der Waals surface area contributed by atoms with Gasteiger partial charge in [-0.2, -0.15) is 0 Å². The highest BCUT2D eigenvalue weighted by Gasteiger charge is 2.11. The van der Waals surface area contributed by atoms with Crippen LogP contribution in [0.4, 0.5) is 0 Å². The van der Waals surface area contributed by atoms with Crippen LogP contribution in [0.1, 0.15) is 21.7 Å². The predicted octanol–water partition coefficient (Wildman–Crippen LogP) is 2.72. The first kappa shape index (κ1) is 14.9. The summed E-state index contributed by atoms with van der Waals surface area (Å²) in [5.41, 5.74) is 5.74. The van der Waals surface area contributed by atoms with Crippen LogP contribution in [0, 0.1) is 6.92 Å². The molecule has 2 amide bonds. The lowest BCUT2D eigenvalue weighted by Gasteiger charge is -2.04. The molecule has 0 spiro atoms. The third-order valence-corrected chi connectivity index (χ3v) is 2.91. The normalized spacial score (nSPS) is 10.6. The first-order valence-corrected chi connectivity index (χ1v) is 6.52. The maximum atomic E-state index is 11.7. The van der Waals surface area contributed by atoms with Gasteiger partial charge in [-0.3, -0.25) is 20.4 Å². The Labute approximate surface area is 126 Å². The van der Waals surface area contributed by atoms with Crippen LogP contribution >= 0.6 is 11.6 Å². The minimum atomic E-state index is -0.454. The van der Waals surface area contributed by atoms with Gasteiger partial charge in [-0.05, 0) is 36.8 Å². The molecule has 6 heteroatoms. The summed E-state index contributed by atoms with van der Waals surface area (Å²) < 4.78 is 5.01. The van der Waals surface area contributed by atoms with Gasteiger partial charge in [-0.25, -0.2) is 0 Å². The number of furan rings is 1. The summed E-state index contributed by atoms with van der Waals surface area (Å²) in [5.74, 6) is -0.411. The minimum absolute atomic E-state index is 0.370. The number of hydrogen-bond acceptors (Lipinski definition) is 3. The van der Waals surface area contributed by atoms with Crippen LogP contribution in [0.5, 0.6) is 0 Å². The molecule has 0 aliphatic rings. The fourth-order valence-electron chi connectivity index (χ4n) is 1.63. The van der Waals surface area contributed by atoms with Gasteiger partial charge in [0.15, 0.2) is 0 Å². The van der Waals surface area contributed by atoms with Crippen molar-refractivity contribution in [2.75, 3.05) is 0 Å². The smallest absolute Gasteiger partial charge is 0.273 e. The Morgan fingerprint density at radius 3 is 2.71 bits per heavy atom. The second-order valence-electron chi connectivity index (χ2n) is 4.22. The second-order valence-corrected chi connectivity index (χ2v) is 4.66. The van der Waals surface area contributed by atoms with Gasteiger partial charge in [-0.1, -0.05) is 23.7 Å². The molecule has 0 aliphatic heterocycles. The van der Waals surface area contributed by atoms with Crippen molar-refractivity contribution >= 4 is 29.5 Å². The van der Waals surface area contributed by atoms with E-state index in [1.54, 1.807) is 31.2 Å². The van der Waals surface area contributed by atoms with Gasteiger partial charge in [0.2, 0.25) is 0 Å². The minimum Gasteiger partial charge on any atom is -0.469 e. The molecular formula is C15H13ClN2O3. The summed E-state index contributed by atoms with van der Waals surface area (Å²) in [4.78, 5) is 23.3. The lowest BCUT2D eigenvalue weighted by atomic mass is 10.2. The van der Waals surface area contributed by atoms with Gasteiger partial charge in [-0.15, -0.1) is 0 Å². The fourth-order valence-corrected chi connectivity index (χ4v) is 1.83. The Balaban J connectivity index is 1.88. The van der Waals surface area contributed by atoms with Crippen LogP contribution in [0.25, 0.3) is 6.08 Å². The monoisotopic (exact) mass is 304 g/mol. The molecule has 2 rings (SSSR count). The largest absolute Gasteiger partial charge is 0.469 e. The van der Waals surface area contributed by atoms with E-state index < -0.39 is 11.8 Å². The first-order valence-electron chi connectivity index (χ1n) is 6.14. The molecular weight excluding hydrogens is 292 g/mol. The van der Waals surface area contributed by atoms with Crippen molar-refractivity contribution in [1.82, 2.24) is 10.9 Å². The molecule has 1 aromatic heterocycles. The van der Waals surface area contributed by atoms with Crippen molar-refractivity contribution in [2.45, 2.75) is 6.92 Å². The molecule has 0 saturated heterocycles. The molecule has 21 heavy (non-hydrogen) atoms. The Morgan fingerprint density at radius 2 is 2.05 bits per heavy atom. The number of halogens is 1. The van der Waals surface area contributed by atoms with Crippen molar-refractivity contribution < 1.29 is 14.0 Å². The van der Waals surface area contributed by atoms with E-state index in [4.69, 9.17) is 16.0 Å². The number of aryl methyl sites for hydroxylation is 1. The zero-order valence-electron chi connectivity index (χ0n) is 11.2. The molecule has 2 N–H and O–H groups in total. The molecule has 5 nitrogen and oxygen atoms in total. The maximum absolute atomic E-state index is 11.7. The van der Waals surface area contributed by atoms with Crippen LogP contribution in [0.3, 0.4) is 0 Å². The van der Waals surface area contributed by atoms with Gasteiger partial charge >= 0.3 is 0 Å². The number of hydrazine groups is 1. The van der Waals surface area contributed by atoms with Gasteiger partial charge in [0.1, 0.15) is 5.76 Å². The second kappa shape index (κ2) is 6.76. The summed E-state index contributed by atoms with van der Waals surface area (Å²) in [6.07, 6.45) is 4.30. The molecule has 0 unspecified atom stereocenters. The number of carbonyl (C=O) groups is 2. The standard InChI is InChI=1S/C15H13ClN2O3/c1-10-13(7-8-21-10)15(20)18-17-14(19)6-5-11-3-2-4-12(16)9-11/h2-9H,1H3,(H,17,19)(H,18,20)/b6-5+. The topological polar surface area (TPSA) is 71.3 Å². The van der Waals surface area contributed by atoms with Crippen LogP contribution in [-0.2, 0) is 4.79 Å². The maximum Gasteiger partial charge on any atom is 0.273 e. The van der Waals surface area contributed by atoms with Crippen molar-refractivity contribution in [3.05, 3.63) is 64.6 Å². The molecule has 0 bridgehead atoms. The third-order valence-electron chi connectivity index (χ3n) is 2.68. The van der Waals surface area contributed by atoms with Crippen LogP contribution in [-0.4, -0.2) is 11.8 Å². The van der Waals surface area contributed by atoms with Crippen molar-refractivity contribution in [1.29, 1.82) is 0 Å². The Kier molecular flexibility index (Phi) is 4.79. The zero-order valence-corrected chi connectivity index (χ0v) is 12.0. The number of hydrogen-bond donors (Lipinski definition) is 2. The van der Waals surface area contributed by atoms with Crippen molar-refractivity contribution in [3.63, 3.8) is 0 Å². The van der Waals surface area contributed by atoms with Crippen LogP contribution in [0.2, 0.25) is 5.02 Å². The van der Waals surface area contributed by atoms with E-state index >= 15 is 0 Å². The number of rotatable bonds is 3. The number of benzene rings is 1. The van der Waals surface area contributed by atoms with Crippen LogP contribution < -0.4 is 10.9 Å². The Hall–Kier alpha value is -2.53. The molecule has 1 aromatic carbocycles. The van der Waals surface area contributed by atoms with Gasteiger partial charge in [0.25, 0.3) is 11.8 Å². The van der Waals surface area contributed by atoms with E-state index in [9.17, 15) is 9.59 Å². The predicted molar refractivity (Wildman–Crippen MR) is 79.5 cm³/mol. The lowest BCUT2D eigenvalue weighted by Crippen LogP contribution is -2.40. The third kappa shape index (κ3) is 4.22. The Morgan fingerprint density at radius 1 is 1.24 bits per heavy atom. The number of carbonyl (C=O) groups excluding carboxylic acids is 2. The molecule has 0 aliphatic carbocycles. The van der Waals surface area contributed by atoms with Crippen molar-refractivity contribution in [3.8, 4) is 0 Å². The van der Waals surface area contributed by atoms with Gasteiger partial charge in [0.05, 0.1) is 11.8 Å². The quantitative estimate of drug-likeness (QED) is 0.676. The average Bonchev–Trinajstić information content (AvgIpc) is 2.89. The van der Waals surface area contributed by atoms with E-state index in [1.165, 1.54) is 18.4 Å². The highest BCUT2D eigenvalue weighted by Crippen LogP contribution is 2.11. The summed E-state index contributed by atoms with van der Waals surface area (Å²) >= 11 is 5.83. The number of amides is 2. The van der Waals surface area contributed by atoms with Gasteiger partial charge < -0.3 is 4.42 Å². The molecule has 0 atom stereocenters. The lowest BCUT2D eigenvalue weighted by molar-refractivity contribution is -0.117. The van der Waals surface area contributed by atoms with Gasteiger partial charge in [0, 0.05) is 11.1 Å². The van der Waals surface area contributed by atoms with Crippen LogP contribution in [0.15, 0.2) is 47.1 Å². The fraction of sp³-hybridized carbons (Fsp3) is 0.0667. The summed E-state index contributed by atoms with van der Waals surface area (Å²) in [6, 6.07) is 8.58. The highest BCUT2D eigenvalue weighted by atomic mass is 35.5. The molecule has 1 heterocycles. The molecule has 2 aromatic rings. The van der Waals surface area contributed by atoms with E-state index in [2.05, 4.69) is 10.9 Å². The number of nitrogens with one attached hydrogen (secondary N) is 2. The zero-order chi connectivity index (χ0) is 15.2. The molecule has 0 fully saturated rings. The van der Waals surface area contributed by atoms with E-state index in [-0.39, 0.29) is 0 Å². The average molecular weight is 305 g/mol. The van der Waals surface area contributed by atoms with E-state index in [0.717, 1.165) is 5.56 Å². The summed E-state index contributed by atoms with van der Waals surface area (Å²) in [5, 5.41) is 0.585. The molecule has 0 saturated carbocycles. The van der Waals surface area contributed by atoms with Crippen molar-refractivity contribution in [2.24, 2.45) is 0 Å². The summed E-state index contributed by atoms with van der Waals surface area (Å²) in [7, 11) is 0. The highest BCUT2D eigenvalue weighted by molar-refractivity contribution is 6.30. The summed E-state index contributed by atoms with van der Waals surface area (Å²) in [6.45, 7) is 1.66. The molecule has 0 radical (unpaired) electrons.